The molecule has 1 atom stereocenters. The summed E-state index contributed by atoms with van der Waals surface area (Å²) in [5, 5.41) is 16.8. The van der Waals surface area contributed by atoms with Crippen molar-refractivity contribution >= 4 is 41.1 Å². The first-order valence-electron chi connectivity index (χ1n) is 11.6. The summed E-state index contributed by atoms with van der Waals surface area (Å²) in [6, 6.07) is 16.7. The molecule has 0 saturated heterocycles. The smallest absolute Gasteiger partial charge is 0.340 e. The Bertz CT molecular complexity index is 1510. The summed E-state index contributed by atoms with van der Waals surface area (Å²) in [6.45, 7) is 0. The third kappa shape index (κ3) is 7.11. The normalized spacial score (nSPS) is 11.7. The van der Waals surface area contributed by atoms with E-state index in [1.807, 2.05) is 30.3 Å². The summed E-state index contributed by atoms with van der Waals surface area (Å²) in [5.41, 5.74) is 1.79. The number of esters is 1. The number of benzene rings is 3. The largest absolute Gasteiger partial charge is 0.465 e. The maximum Gasteiger partial charge on any atom is 0.340 e. The molecule has 4 rings (SSSR count). The van der Waals surface area contributed by atoms with E-state index >= 15 is 0 Å². The molecule has 39 heavy (non-hydrogen) atoms. The highest BCUT2D eigenvalue weighted by molar-refractivity contribution is 6.30. The molecule has 10 nitrogen and oxygen atoms in total. The summed E-state index contributed by atoms with van der Waals surface area (Å²) in [7, 11) is 1.14. The van der Waals surface area contributed by atoms with Gasteiger partial charge >= 0.3 is 5.97 Å². The minimum atomic E-state index is -1.01. The Morgan fingerprint density at radius 2 is 1.90 bits per heavy atom. The molecule has 0 aliphatic heterocycles. The molecule has 3 aromatic carbocycles. The van der Waals surface area contributed by atoms with Crippen LogP contribution in [0, 0.1) is 5.82 Å². The van der Waals surface area contributed by atoms with Crippen molar-refractivity contribution < 1.29 is 23.5 Å². The molecule has 0 saturated carbocycles. The minimum Gasteiger partial charge on any atom is -0.465 e. The summed E-state index contributed by atoms with van der Waals surface area (Å²) in [4.78, 5) is 37.7. The van der Waals surface area contributed by atoms with Gasteiger partial charge in [-0.1, -0.05) is 41.9 Å². The first-order chi connectivity index (χ1) is 18.8. The highest BCUT2D eigenvalue weighted by atomic mass is 35.5. The van der Waals surface area contributed by atoms with Gasteiger partial charge in [-0.25, -0.2) is 9.18 Å². The number of methoxy groups -OCH3 is 1. The molecule has 4 aromatic rings. The number of halogens is 2. The van der Waals surface area contributed by atoms with Crippen LogP contribution in [0.5, 0.6) is 0 Å². The first-order valence-corrected chi connectivity index (χ1v) is 12.0. The summed E-state index contributed by atoms with van der Waals surface area (Å²) >= 11 is 6.13. The zero-order chi connectivity index (χ0) is 27.8. The number of rotatable bonds is 9. The summed E-state index contributed by atoms with van der Waals surface area (Å²) in [5.74, 6) is -2.83. The Hall–Kier alpha value is -4.90. The van der Waals surface area contributed by atoms with Crippen molar-refractivity contribution in [3.05, 3.63) is 107 Å². The van der Waals surface area contributed by atoms with Gasteiger partial charge in [0.25, 0.3) is 0 Å². The topological polar surface area (TPSA) is 128 Å². The van der Waals surface area contributed by atoms with Gasteiger partial charge in [0.05, 0.1) is 18.4 Å². The van der Waals surface area contributed by atoms with Gasteiger partial charge in [0.2, 0.25) is 11.8 Å². The zero-order valence-electron chi connectivity index (χ0n) is 20.5. The molecule has 0 aliphatic rings. The summed E-state index contributed by atoms with van der Waals surface area (Å²) < 4.78 is 20.3. The molecule has 0 radical (unpaired) electrons. The average molecular weight is 549 g/mol. The number of carbonyl (C=O) groups excluding carboxylic acids is 3. The molecule has 0 spiro atoms. The number of hydrogen-bond acceptors (Lipinski definition) is 7. The number of nitrogens with zero attached hydrogens (tertiary/aromatic N) is 4. The van der Waals surface area contributed by atoms with Crippen molar-refractivity contribution in [3.8, 4) is 5.69 Å². The van der Waals surface area contributed by atoms with Gasteiger partial charge in [-0.15, -0.1) is 5.10 Å². The van der Waals surface area contributed by atoms with E-state index in [-0.39, 0.29) is 17.7 Å². The summed E-state index contributed by atoms with van der Waals surface area (Å²) in [6.07, 6.45) is 4.36. The average Bonchev–Trinajstić information content (AvgIpc) is 3.47. The molecule has 1 unspecified atom stereocenters. The van der Waals surface area contributed by atoms with E-state index in [2.05, 4.69) is 30.9 Å². The lowest BCUT2D eigenvalue weighted by Gasteiger charge is -2.18. The van der Waals surface area contributed by atoms with E-state index in [0.717, 1.165) is 18.7 Å². The van der Waals surface area contributed by atoms with Crippen LogP contribution in [0.1, 0.15) is 21.5 Å². The molecule has 198 valence electrons. The highest BCUT2D eigenvalue weighted by Crippen LogP contribution is 2.20. The van der Waals surface area contributed by atoms with E-state index < -0.39 is 29.6 Å². The van der Waals surface area contributed by atoms with Crippen molar-refractivity contribution in [1.82, 2.24) is 25.5 Å². The molecule has 12 heteroatoms. The molecule has 1 aromatic heterocycles. The number of nitrogens with one attached hydrogen (secondary N) is 2. The highest BCUT2D eigenvalue weighted by Gasteiger charge is 2.22. The minimum absolute atomic E-state index is 0.109. The van der Waals surface area contributed by atoms with Crippen molar-refractivity contribution in [2.24, 2.45) is 0 Å². The van der Waals surface area contributed by atoms with Crippen molar-refractivity contribution in [2.75, 3.05) is 12.4 Å². The fourth-order valence-electron chi connectivity index (χ4n) is 3.68. The van der Waals surface area contributed by atoms with Gasteiger partial charge in [-0.05, 0) is 58.5 Å². The molecule has 0 bridgehead atoms. The van der Waals surface area contributed by atoms with Crippen molar-refractivity contribution in [1.29, 1.82) is 0 Å². The van der Waals surface area contributed by atoms with Crippen LogP contribution >= 0.6 is 11.6 Å². The van der Waals surface area contributed by atoms with Crippen LogP contribution in [0.15, 0.2) is 79.1 Å². The first kappa shape index (κ1) is 27.1. The van der Waals surface area contributed by atoms with Gasteiger partial charge in [0.1, 0.15) is 18.2 Å². The van der Waals surface area contributed by atoms with Crippen LogP contribution in [-0.4, -0.2) is 51.1 Å². The van der Waals surface area contributed by atoms with E-state index in [9.17, 15) is 18.8 Å². The van der Waals surface area contributed by atoms with E-state index in [1.54, 1.807) is 18.2 Å². The molecule has 0 fully saturated rings. The van der Waals surface area contributed by atoms with Crippen molar-refractivity contribution in [2.45, 2.75) is 12.5 Å². The van der Waals surface area contributed by atoms with Crippen LogP contribution in [0.25, 0.3) is 11.8 Å². The fraction of sp³-hybridized carbons (Fsp3) is 0.111. The Morgan fingerprint density at radius 1 is 1.10 bits per heavy atom. The van der Waals surface area contributed by atoms with E-state index in [4.69, 9.17) is 11.6 Å². The van der Waals surface area contributed by atoms with Crippen LogP contribution in [0.4, 0.5) is 10.1 Å². The predicted molar refractivity (Wildman–Crippen MR) is 142 cm³/mol. The Kier molecular flexibility index (Phi) is 8.75. The lowest BCUT2D eigenvalue weighted by Crippen LogP contribution is -2.44. The molecular weight excluding hydrogens is 527 g/mol. The molecular formula is C27H22ClFN6O4. The second-order valence-electron chi connectivity index (χ2n) is 8.22. The van der Waals surface area contributed by atoms with E-state index in [1.165, 1.54) is 35.3 Å². The number of ether oxygens (including phenoxy) is 1. The quantitative estimate of drug-likeness (QED) is 0.241. The number of anilines is 1. The Morgan fingerprint density at radius 3 is 2.59 bits per heavy atom. The van der Waals surface area contributed by atoms with Gasteiger partial charge in [-0.2, -0.15) is 4.68 Å². The number of amides is 2. The SMILES string of the molecule is COC(=O)c1ccc(NC(=O)C(Cc2ccccc2)NC(=O)C=Cc2cc(Cl)ccc2-n2cnnn2)cc1F. The number of tetrazole rings is 1. The number of aromatic nitrogens is 4. The predicted octanol–water partition coefficient (Wildman–Crippen LogP) is 3.62. The van der Waals surface area contributed by atoms with Crippen LogP contribution in [0.2, 0.25) is 5.02 Å². The van der Waals surface area contributed by atoms with Crippen LogP contribution < -0.4 is 10.6 Å². The lowest BCUT2D eigenvalue weighted by atomic mass is 10.0. The Labute approximate surface area is 227 Å². The standard InChI is InChI=1S/C27H22ClFN6O4/c1-39-27(38)21-10-9-20(15-22(21)29)31-26(37)23(13-17-5-3-2-4-6-17)32-25(36)12-7-18-14-19(28)8-11-24(18)35-16-30-33-34-35/h2-12,14-16,23H,13H2,1H3,(H,31,37)(H,32,36). The van der Waals surface area contributed by atoms with Gasteiger partial charge < -0.3 is 15.4 Å². The van der Waals surface area contributed by atoms with Crippen LogP contribution in [-0.2, 0) is 20.7 Å². The second-order valence-corrected chi connectivity index (χ2v) is 8.65. The van der Waals surface area contributed by atoms with Crippen LogP contribution in [0.3, 0.4) is 0 Å². The maximum atomic E-state index is 14.4. The van der Waals surface area contributed by atoms with E-state index in [0.29, 0.717) is 16.3 Å². The third-order valence-electron chi connectivity index (χ3n) is 5.56. The monoisotopic (exact) mass is 548 g/mol. The Balaban J connectivity index is 1.53. The van der Waals surface area contributed by atoms with Gasteiger partial charge in [-0.3, -0.25) is 9.59 Å². The zero-order valence-corrected chi connectivity index (χ0v) is 21.3. The number of carbonyl (C=O) groups is 3. The lowest BCUT2D eigenvalue weighted by molar-refractivity contribution is -0.123. The fourth-order valence-corrected chi connectivity index (χ4v) is 3.86. The number of hydrogen-bond donors (Lipinski definition) is 2. The van der Waals surface area contributed by atoms with Crippen molar-refractivity contribution in [3.63, 3.8) is 0 Å². The maximum absolute atomic E-state index is 14.4. The molecule has 0 aliphatic carbocycles. The van der Waals surface area contributed by atoms with Gasteiger partial charge in [0, 0.05) is 28.8 Å². The molecule has 1 heterocycles. The molecule has 2 amide bonds. The van der Waals surface area contributed by atoms with Gasteiger partial charge in [0.15, 0.2) is 0 Å². The molecule has 2 N–H and O–H groups in total. The second kappa shape index (κ2) is 12.6. The third-order valence-corrected chi connectivity index (χ3v) is 5.79.